The second-order valence-electron chi connectivity index (χ2n) is 6.60. The number of carbonyl (C=O) groups excluding carboxylic acids is 1. The highest BCUT2D eigenvalue weighted by atomic mass is 16.1. The molecular weight excluding hydrogens is 320 g/mol. The first-order valence-corrected chi connectivity index (χ1v) is 8.78. The van der Waals surface area contributed by atoms with Crippen LogP contribution < -0.4 is 5.01 Å². The zero-order valence-electron chi connectivity index (χ0n) is 14.7. The van der Waals surface area contributed by atoms with Crippen LogP contribution in [0.5, 0.6) is 0 Å². The monoisotopic (exact) mass is 340 g/mol. The maximum absolute atomic E-state index is 10.9. The van der Waals surface area contributed by atoms with E-state index in [9.17, 15) is 4.79 Å². The molecule has 1 aliphatic rings. The number of rotatable bonds is 4. The molecule has 3 nitrogen and oxygen atoms in total. The van der Waals surface area contributed by atoms with E-state index in [1.165, 1.54) is 11.1 Å². The second-order valence-corrected chi connectivity index (χ2v) is 6.60. The summed E-state index contributed by atoms with van der Waals surface area (Å²) in [7, 11) is 0. The fourth-order valence-corrected chi connectivity index (χ4v) is 3.31. The Hall–Kier alpha value is -3.20. The van der Waals surface area contributed by atoms with Gasteiger partial charge in [-0.15, -0.1) is 0 Å². The SMILES string of the molecule is Cc1ccc(C2=NN(c3ccc(C=O)cc3)[C@H](c3ccccc3)C2)cc1. The van der Waals surface area contributed by atoms with Gasteiger partial charge >= 0.3 is 0 Å². The molecule has 1 aliphatic heterocycles. The summed E-state index contributed by atoms with van der Waals surface area (Å²) in [4.78, 5) is 10.9. The Morgan fingerprint density at radius 2 is 1.62 bits per heavy atom. The van der Waals surface area contributed by atoms with Gasteiger partial charge in [-0.05, 0) is 42.3 Å². The zero-order valence-corrected chi connectivity index (χ0v) is 14.7. The number of anilines is 1. The summed E-state index contributed by atoms with van der Waals surface area (Å²) < 4.78 is 0. The summed E-state index contributed by atoms with van der Waals surface area (Å²) in [5.74, 6) is 0. The lowest BCUT2D eigenvalue weighted by Gasteiger charge is -2.24. The molecule has 0 N–H and O–H groups in total. The van der Waals surface area contributed by atoms with Crippen LogP contribution in [0.1, 0.15) is 39.5 Å². The van der Waals surface area contributed by atoms with Gasteiger partial charge in [-0.1, -0.05) is 60.2 Å². The van der Waals surface area contributed by atoms with Crippen LogP contribution in [-0.4, -0.2) is 12.0 Å². The van der Waals surface area contributed by atoms with Crippen molar-refractivity contribution in [2.75, 3.05) is 5.01 Å². The first-order valence-electron chi connectivity index (χ1n) is 8.78. The lowest BCUT2D eigenvalue weighted by molar-refractivity contribution is 0.112. The minimum atomic E-state index is 0.148. The molecule has 0 bridgehead atoms. The third-order valence-electron chi connectivity index (χ3n) is 4.77. The smallest absolute Gasteiger partial charge is 0.150 e. The number of hydrogen-bond acceptors (Lipinski definition) is 3. The third-order valence-corrected chi connectivity index (χ3v) is 4.77. The van der Waals surface area contributed by atoms with E-state index >= 15 is 0 Å². The lowest BCUT2D eigenvalue weighted by atomic mass is 9.98. The number of benzene rings is 3. The fraction of sp³-hybridized carbons (Fsp3) is 0.130. The largest absolute Gasteiger partial charge is 0.298 e. The third kappa shape index (κ3) is 3.16. The zero-order chi connectivity index (χ0) is 17.9. The van der Waals surface area contributed by atoms with Crippen molar-refractivity contribution >= 4 is 17.7 Å². The molecule has 0 radical (unpaired) electrons. The minimum absolute atomic E-state index is 0.148. The van der Waals surface area contributed by atoms with Gasteiger partial charge in [0.15, 0.2) is 0 Å². The number of carbonyl (C=O) groups is 1. The molecule has 26 heavy (non-hydrogen) atoms. The van der Waals surface area contributed by atoms with E-state index in [4.69, 9.17) is 5.10 Å². The van der Waals surface area contributed by atoms with Gasteiger partial charge in [-0.25, -0.2) is 0 Å². The van der Waals surface area contributed by atoms with Gasteiger partial charge in [0.2, 0.25) is 0 Å². The normalized spacial score (nSPS) is 16.4. The average Bonchev–Trinajstić information content (AvgIpc) is 3.15. The quantitative estimate of drug-likeness (QED) is 0.614. The van der Waals surface area contributed by atoms with E-state index < -0.39 is 0 Å². The fourth-order valence-electron chi connectivity index (χ4n) is 3.31. The number of aldehydes is 1. The van der Waals surface area contributed by atoms with Crippen molar-refractivity contribution in [1.82, 2.24) is 0 Å². The first kappa shape index (κ1) is 16.3. The predicted molar refractivity (Wildman–Crippen MR) is 106 cm³/mol. The van der Waals surface area contributed by atoms with Crippen molar-refractivity contribution in [3.05, 3.63) is 101 Å². The van der Waals surface area contributed by atoms with E-state index in [0.717, 1.165) is 29.7 Å². The van der Waals surface area contributed by atoms with Gasteiger partial charge in [0, 0.05) is 12.0 Å². The second kappa shape index (κ2) is 6.96. The highest BCUT2D eigenvalue weighted by Crippen LogP contribution is 2.36. The average molecular weight is 340 g/mol. The minimum Gasteiger partial charge on any atom is -0.298 e. The Morgan fingerprint density at radius 3 is 2.27 bits per heavy atom. The Morgan fingerprint density at radius 1 is 0.923 bits per heavy atom. The molecule has 0 unspecified atom stereocenters. The number of hydrazone groups is 1. The van der Waals surface area contributed by atoms with E-state index in [1.807, 2.05) is 30.3 Å². The summed E-state index contributed by atoms with van der Waals surface area (Å²) in [6.45, 7) is 2.09. The van der Waals surface area contributed by atoms with Crippen LogP contribution in [0.2, 0.25) is 0 Å². The molecular formula is C23H20N2O. The van der Waals surface area contributed by atoms with Crippen LogP contribution in [0, 0.1) is 6.92 Å². The molecule has 3 heteroatoms. The summed E-state index contributed by atoms with van der Waals surface area (Å²) in [5.41, 5.74) is 6.38. The van der Waals surface area contributed by atoms with Crippen molar-refractivity contribution in [2.24, 2.45) is 5.10 Å². The van der Waals surface area contributed by atoms with Crippen molar-refractivity contribution in [1.29, 1.82) is 0 Å². The first-order chi connectivity index (χ1) is 12.7. The Kier molecular flexibility index (Phi) is 4.36. The van der Waals surface area contributed by atoms with Crippen molar-refractivity contribution in [3.8, 4) is 0 Å². The van der Waals surface area contributed by atoms with Gasteiger partial charge in [0.1, 0.15) is 6.29 Å². The standard InChI is InChI=1S/C23H20N2O/c1-17-7-11-19(12-8-17)22-15-23(20-5-3-2-4-6-20)25(24-22)21-13-9-18(16-26)10-14-21/h2-14,16,23H,15H2,1H3/t23-/m0/s1. The molecule has 1 atom stereocenters. The topological polar surface area (TPSA) is 32.7 Å². The molecule has 1 heterocycles. The molecule has 0 aliphatic carbocycles. The predicted octanol–water partition coefficient (Wildman–Crippen LogP) is 5.16. The van der Waals surface area contributed by atoms with Crippen LogP contribution in [0.25, 0.3) is 0 Å². The van der Waals surface area contributed by atoms with Gasteiger partial charge < -0.3 is 0 Å². The number of hydrogen-bond donors (Lipinski definition) is 0. The van der Waals surface area contributed by atoms with Gasteiger partial charge in [-0.3, -0.25) is 9.80 Å². The Labute approximate surface area is 153 Å². The maximum Gasteiger partial charge on any atom is 0.150 e. The molecule has 3 aromatic rings. The molecule has 0 amide bonds. The van der Waals surface area contributed by atoms with Crippen molar-refractivity contribution in [2.45, 2.75) is 19.4 Å². The maximum atomic E-state index is 10.9. The molecule has 4 rings (SSSR count). The van der Waals surface area contributed by atoms with Crippen molar-refractivity contribution in [3.63, 3.8) is 0 Å². The van der Waals surface area contributed by atoms with Gasteiger partial charge in [0.05, 0.1) is 17.4 Å². The van der Waals surface area contributed by atoms with Crippen LogP contribution in [0.3, 0.4) is 0 Å². The van der Waals surface area contributed by atoms with Crippen LogP contribution in [-0.2, 0) is 0 Å². The summed E-state index contributed by atoms with van der Waals surface area (Å²) >= 11 is 0. The number of nitrogens with zero attached hydrogens (tertiary/aromatic N) is 2. The van der Waals surface area contributed by atoms with Gasteiger partial charge in [-0.2, -0.15) is 5.10 Å². The van der Waals surface area contributed by atoms with E-state index in [-0.39, 0.29) is 6.04 Å². The summed E-state index contributed by atoms with van der Waals surface area (Å²) in [6, 6.07) is 26.7. The highest BCUT2D eigenvalue weighted by Gasteiger charge is 2.29. The molecule has 3 aromatic carbocycles. The van der Waals surface area contributed by atoms with Crippen molar-refractivity contribution < 1.29 is 4.79 Å². The molecule has 128 valence electrons. The van der Waals surface area contributed by atoms with E-state index in [1.54, 1.807) is 0 Å². The molecule has 0 saturated heterocycles. The molecule has 0 aromatic heterocycles. The Balaban J connectivity index is 1.73. The molecule has 0 saturated carbocycles. The molecule has 0 fully saturated rings. The molecule has 0 spiro atoms. The lowest BCUT2D eigenvalue weighted by Crippen LogP contribution is -2.18. The highest BCUT2D eigenvalue weighted by molar-refractivity contribution is 6.03. The van der Waals surface area contributed by atoms with Crippen LogP contribution in [0.15, 0.2) is 84.0 Å². The van der Waals surface area contributed by atoms with Crippen LogP contribution >= 0.6 is 0 Å². The van der Waals surface area contributed by atoms with Crippen LogP contribution in [0.4, 0.5) is 5.69 Å². The van der Waals surface area contributed by atoms with E-state index in [0.29, 0.717) is 5.56 Å². The number of aryl methyl sites for hydroxylation is 1. The summed E-state index contributed by atoms with van der Waals surface area (Å²) in [6.07, 6.45) is 1.71. The Bertz CT molecular complexity index is 928. The summed E-state index contributed by atoms with van der Waals surface area (Å²) in [5, 5.41) is 7.00. The van der Waals surface area contributed by atoms with E-state index in [2.05, 4.69) is 60.5 Å². The van der Waals surface area contributed by atoms with Gasteiger partial charge in [0.25, 0.3) is 0 Å².